The van der Waals surface area contributed by atoms with Gasteiger partial charge >= 0.3 is 5.97 Å². The Kier molecular flexibility index (Phi) is 3.62. The van der Waals surface area contributed by atoms with Gasteiger partial charge in [-0.15, -0.1) is 0 Å². The van der Waals surface area contributed by atoms with Gasteiger partial charge in [-0.25, -0.2) is 0 Å². The molecule has 1 amide bonds. The van der Waals surface area contributed by atoms with Crippen molar-refractivity contribution < 1.29 is 14.7 Å². The number of nitrogens with two attached hydrogens (primary N) is 1. The molecule has 1 aliphatic rings. The molecule has 96 valence electrons. The molecule has 1 atom stereocenters. The van der Waals surface area contributed by atoms with Crippen molar-refractivity contribution in [3.63, 3.8) is 0 Å². The van der Waals surface area contributed by atoms with Crippen LogP contribution in [0.3, 0.4) is 0 Å². The number of carboxylic acids is 1. The summed E-state index contributed by atoms with van der Waals surface area (Å²) >= 11 is 0. The number of nitrogens with zero attached hydrogens (tertiary/aromatic N) is 1. The Morgan fingerprint density at radius 1 is 1.33 bits per heavy atom. The first kappa shape index (κ1) is 12.6. The molecule has 0 aromatic heterocycles. The van der Waals surface area contributed by atoms with Crippen LogP contribution in [0.15, 0.2) is 30.3 Å². The Bertz CT molecular complexity index is 441. The lowest BCUT2D eigenvalue weighted by Gasteiger charge is -2.39. The van der Waals surface area contributed by atoms with Gasteiger partial charge in [-0.05, 0) is 5.56 Å². The molecule has 0 bridgehead atoms. The fourth-order valence-electron chi connectivity index (χ4n) is 2.13. The summed E-state index contributed by atoms with van der Waals surface area (Å²) in [7, 11) is 0. The third-order valence-corrected chi connectivity index (χ3v) is 3.16. The van der Waals surface area contributed by atoms with Crippen LogP contribution >= 0.6 is 0 Å². The van der Waals surface area contributed by atoms with Crippen molar-refractivity contribution >= 4 is 11.9 Å². The van der Waals surface area contributed by atoms with Gasteiger partial charge in [0.25, 0.3) is 0 Å². The number of benzene rings is 1. The van der Waals surface area contributed by atoms with Gasteiger partial charge in [-0.1, -0.05) is 30.3 Å². The summed E-state index contributed by atoms with van der Waals surface area (Å²) in [5.74, 6) is -0.892. The maximum atomic E-state index is 12.0. The molecule has 2 rings (SSSR count). The predicted molar refractivity (Wildman–Crippen MR) is 65.7 cm³/mol. The van der Waals surface area contributed by atoms with E-state index in [1.807, 2.05) is 30.3 Å². The molecule has 1 aromatic carbocycles. The van der Waals surface area contributed by atoms with Crippen molar-refractivity contribution in [2.24, 2.45) is 11.7 Å². The van der Waals surface area contributed by atoms with E-state index < -0.39 is 12.0 Å². The first-order valence-corrected chi connectivity index (χ1v) is 5.89. The fourth-order valence-corrected chi connectivity index (χ4v) is 2.13. The number of amides is 1. The van der Waals surface area contributed by atoms with Gasteiger partial charge in [0.15, 0.2) is 0 Å². The third-order valence-electron chi connectivity index (χ3n) is 3.16. The zero-order valence-corrected chi connectivity index (χ0v) is 9.95. The molecule has 1 aliphatic heterocycles. The number of carbonyl (C=O) groups is 2. The van der Waals surface area contributed by atoms with Crippen molar-refractivity contribution in [2.45, 2.75) is 12.5 Å². The van der Waals surface area contributed by atoms with Gasteiger partial charge in [0, 0.05) is 19.0 Å². The van der Waals surface area contributed by atoms with E-state index in [0.29, 0.717) is 13.1 Å². The molecule has 0 unspecified atom stereocenters. The number of rotatable bonds is 4. The minimum Gasteiger partial charge on any atom is -0.481 e. The van der Waals surface area contributed by atoms with E-state index in [2.05, 4.69) is 0 Å². The van der Waals surface area contributed by atoms with Crippen LogP contribution in [0.25, 0.3) is 0 Å². The monoisotopic (exact) mass is 248 g/mol. The Labute approximate surface area is 105 Å². The number of aliphatic carboxylic acids is 1. The molecule has 1 saturated heterocycles. The van der Waals surface area contributed by atoms with E-state index in [1.54, 1.807) is 4.90 Å². The summed E-state index contributed by atoms with van der Waals surface area (Å²) in [6.45, 7) is 0.983. The van der Waals surface area contributed by atoms with Gasteiger partial charge in [0.2, 0.25) is 5.91 Å². The van der Waals surface area contributed by atoms with E-state index in [0.717, 1.165) is 5.56 Å². The molecular weight excluding hydrogens is 232 g/mol. The summed E-state index contributed by atoms with van der Waals surface area (Å²) in [6.07, 6.45) is 0.115. The minimum absolute atomic E-state index is 0.0643. The van der Waals surface area contributed by atoms with E-state index in [-0.39, 0.29) is 18.2 Å². The van der Waals surface area contributed by atoms with E-state index in [4.69, 9.17) is 10.8 Å². The van der Waals surface area contributed by atoms with E-state index in [9.17, 15) is 9.59 Å². The van der Waals surface area contributed by atoms with Gasteiger partial charge in [0.1, 0.15) is 6.04 Å². The smallest absolute Gasteiger partial charge is 0.303 e. The number of hydrogen-bond acceptors (Lipinski definition) is 3. The molecule has 0 aliphatic carbocycles. The standard InChI is InChI=1S/C13H16N2O3/c14-12(10-4-2-1-3-5-10)13(18)15-7-9(8-15)6-11(16)17/h1-5,9,12H,6-8,14H2,(H,16,17)/t12-/m1/s1. The van der Waals surface area contributed by atoms with Crippen LogP contribution in [-0.2, 0) is 9.59 Å². The average Bonchev–Trinajstić information content (AvgIpc) is 2.32. The van der Waals surface area contributed by atoms with Gasteiger partial charge in [-0.2, -0.15) is 0 Å². The molecule has 5 heteroatoms. The molecule has 0 spiro atoms. The summed E-state index contributed by atoms with van der Waals surface area (Å²) in [5, 5.41) is 8.63. The van der Waals surface area contributed by atoms with Crippen molar-refractivity contribution in [1.82, 2.24) is 4.90 Å². The van der Waals surface area contributed by atoms with Crippen LogP contribution in [0.5, 0.6) is 0 Å². The Morgan fingerprint density at radius 2 is 1.94 bits per heavy atom. The van der Waals surface area contributed by atoms with Crippen molar-refractivity contribution in [3.05, 3.63) is 35.9 Å². The molecule has 0 saturated carbocycles. The lowest BCUT2D eigenvalue weighted by Crippen LogP contribution is -2.53. The normalized spacial score (nSPS) is 17.1. The topological polar surface area (TPSA) is 83.6 Å². The highest BCUT2D eigenvalue weighted by atomic mass is 16.4. The largest absolute Gasteiger partial charge is 0.481 e. The van der Waals surface area contributed by atoms with Crippen molar-refractivity contribution in [2.75, 3.05) is 13.1 Å². The quantitative estimate of drug-likeness (QED) is 0.818. The molecule has 1 fully saturated rings. The van der Waals surface area contributed by atoms with Crippen LogP contribution < -0.4 is 5.73 Å². The second-order valence-corrected chi connectivity index (χ2v) is 4.60. The zero-order chi connectivity index (χ0) is 13.1. The summed E-state index contributed by atoms with van der Waals surface area (Å²) in [4.78, 5) is 24.1. The molecule has 3 N–H and O–H groups in total. The zero-order valence-electron chi connectivity index (χ0n) is 9.95. The maximum Gasteiger partial charge on any atom is 0.303 e. The number of carbonyl (C=O) groups excluding carboxylic acids is 1. The molecule has 0 radical (unpaired) electrons. The highest BCUT2D eigenvalue weighted by molar-refractivity contribution is 5.84. The molecule has 1 aromatic rings. The summed E-state index contributed by atoms with van der Waals surface area (Å²) in [5.41, 5.74) is 6.67. The Morgan fingerprint density at radius 3 is 2.50 bits per heavy atom. The van der Waals surface area contributed by atoms with Crippen molar-refractivity contribution in [1.29, 1.82) is 0 Å². The lowest BCUT2D eigenvalue weighted by atomic mass is 9.94. The summed E-state index contributed by atoms with van der Waals surface area (Å²) in [6, 6.07) is 8.52. The van der Waals surface area contributed by atoms with Crippen LogP contribution in [-0.4, -0.2) is 35.0 Å². The fraction of sp³-hybridized carbons (Fsp3) is 0.385. The SMILES string of the molecule is N[C@@H](C(=O)N1CC(CC(=O)O)C1)c1ccccc1. The minimum atomic E-state index is -0.820. The molecule has 1 heterocycles. The second kappa shape index (κ2) is 5.18. The Hall–Kier alpha value is -1.88. The van der Waals surface area contributed by atoms with Crippen LogP contribution in [0.2, 0.25) is 0 Å². The number of hydrogen-bond donors (Lipinski definition) is 2. The van der Waals surface area contributed by atoms with Gasteiger partial charge < -0.3 is 15.7 Å². The first-order chi connectivity index (χ1) is 8.58. The second-order valence-electron chi connectivity index (χ2n) is 4.60. The molecule has 5 nitrogen and oxygen atoms in total. The van der Waals surface area contributed by atoms with Crippen LogP contribution in [0.4, 0.5) is 0 Å². The van der Waals surface area contributed by atoms with Gasteiger partial charge in [-0.3, -0.25) is 9.59 Å². The third kappa shape index (κ3) is 2.68. The van der Waals surface area contributed by atoms with Crippen LogP contribution in [0, 0.1) is 5.92 Å². The Balaban J connectivity index is 1.88. The molecule has 18 heavy (non-hydrogen) atoms. The predicted octanol–water partition coefficient (Wildman–Crippen LogP) is 0.620. The average molecular weight is 248 g/mol. The molecular formula is C13H16N2O3. The van der Waals surface area contributed by atoms with E-state index >= 15 is 0 Å². The highest BCUT2D eigenvalue weighted by Crippen LogP contribution is 2.23. The van der Waals surface area contributed by atoms with Gasteiger partial charge in [0.05, 0.1) is 6.42 Å². The summed E-state index contributed by atoms with van der Waals surface area (Å²) < 4.78 is 0. The number of likely N-dealkylation sites (tertiary alicyclic amines) is 1. The van der Waals surface area contributed by atoms with E-state index in [1.165, 1.54) is 0 Å². The highest BCUT2D eigenvalue weighted by Gasteiger charge is 2.34. The van der Waals surface area contributed by atoms with Crippen LogP contribution in [0.1, 0.15) is 18.0 Å². The first-order valence-electron chi connectivity index (χ1n) is 5.89. The number of carboxylic acid groups (broad SMARTS) is 1. The lowest BCUT2D eigenvalue weighted by molar-refractivity contribution is -0.145. The van der Waals surface area contributed by atoms with Crippen molar-refractivity contribution in [3.8, 4) is 0 Å². The maximum absolute atomic E-state index is 12.0.